The average Bonchev–Trinajstić information content (AvgIpc) is 3.13. The molecule has 1 saturated heterocycles. The topological polar surface area (TPSA) is 75.7 Å². The number of ether oxygens (including phenoxy) is 1. The van der Waals surface area contributed by atoms with Crippen molar-refractivity contribution in [1.82, 2.24) is 4.72 Å². The second kappa shape index (κ2) is 9.04. The molecule has 0 saturated carbocycles. The molecule has 0 aliphatic carbocycles. The number of carbonyl (C=O) groups is 1. The Balaban J connectivity index is 1.60. The molecule has 1 amide bonds. The lowest BCUT2D eigenvalue weighted by Crippen LogP contribution is -2.29. The fourth-order valence-corrected chi connectivity index (χ4v) is 5.56. The Morgan fingerprint density at radius 2 is 1.71 bits per heavy atom. The third-order valence-corrected chi connectivity index (χ3v) is 7.76. The van der Waals surface area contributed by atoms with Gasteiger partial charge in [0.05, 0.1) is 5.69 Å². The van der Waals surface area contributed by atoms with E-state index in [0.29, 0.717) is 11.4 Å². The lowest BCUT2D eigenvalue weighted by atomic mass is 10.0. The first kappa shape index (κ1) is 22.3. The van der Waals surface area contributed by atoms with Crippen molar-refractivity contribution in [2.75, 3.05) is 17.1 Å². The first-order valence-corrected chi connectivity index (χ1v) is 13.3. The van der Waals surface area contributed by atoms with Gasteiger partial charge in [-0.3, -0.25) is 4.79 Å². The van der Waals surface area contributed by atoms with Crippen molar-refractivity contribution < 1.29 is 17.9 Å². The molecule has 0 aromatic heterocycles. The largest absolute Gasteiger partial charge is 0.487 e. The Hall–Kier alpha value is -3.49. The molecule has 1 N–H and O–H groups in total. The molecule has 4 aromatic carbocycles. The minimum atomic E-state index is -3.98. The van der Waals surface area contributed by atoms with Gasteiger partial charge in [-0.15, -0.1) is 11.8 Å². The molecular weight excluding hydrogens is 468 g/mol. The van der Waals surface area contributed by atoms with E-state index in [1.54, 1.807) is 17.8 Å². The summed E-state index contributed by atoms with van der Waals surface area (Å²) in [5.41, 5.74) is 3.38. The van der Waals surface area contributed by atoms with Crippen molar-refractivity contribution in [3.63, 3.8) is 0 Å². The molecule has 0 bridgehead atoms. The van der Waals surface area contributed by atoms with Gasteiger partial charge in [0, 0.05) is 4.90 Å². The maximum atomic E-state index is 12.6. The summed E-state index contributed by atoms with van der Waals surface area (Å²) < 4.78 is 34.4. The van der Waals surface area contributed by atoms with Crippen LogP contribution in [0.1, 0.15) is 5.56 Å². The Labute approximate surface area is 202 Å². The summed E-state index contributed by atoms with van der Waals surface area (Å²) in [4.78, 5) is 13.1. The van der Waals surface area contributed by atoms with Crippen molar-refractivity contribution in [1.29, 1.82) is 0 Å². The molecule has 8 heteroatoms. The number of nitrogens with one attached hydrogen (secondary N) is 1. The van der Waals surface area contributed by atoms with Gasteiger partial charge in [-0.05, 0) is 64.1 Å². The lowest BCUT2D eigenvalue weighted by Gasteiger charge is -2.20. The Bertz CT molecular complexity index is 1490. The highest BCUT2D eigenvalue weighted by atomic mass is 32.2. The SMILES string of the molecule is CSc1cccc(-c2ccc3cc(OCc4ccccc4)c(N4CC(=O)NS4(=O)=O)cc3c2)c1. The fourth-order valence-electron chi connectivity index (χ4n) is 3.95. The lowest BCUT2D eigenvalue weighted by molar-refractivity contribution is -0.117. The van der Waals surface area contributed by atoms with Crippen LogP contribution in [0.15, 0.2) is 89.8 Å². The highest BCUT2D eigenvalue weighted by Crippen LogP contribution is 2.38. The predicted molar refractivity (Wildman–Crippen MR) is 136 cm³/mol. The summed E-state index contributed by atoms with van der Waals surface area (Å²) >= 11 is 1.68. The van der Waals surface area contributed by atoms with Gasteiger partial charge in [0.1, 0.15) is 18.9 Å². The van der Waals surface area contributed by atoms with E-state index in [9.17, 15) is 13.2 Å². The molecule has 1 fully saturated rings. The number of benzene rings is 4. The van der Waals surface area contributed by atoms with E-state index < -0.39 is 16.1 Å². The number of fused-ring (bicyclic) bond motifs is 1. The predicted octanol–water partition coefficient (Wildman–Crippen LogP) is 4.99. The number of carbonyl (C=O) groups excluding carboxylic acids is 1. The summed E-state index contributed by atoms with van der Waals surface area (Å²) in [5, 5.41) is 1.76. The normalized spacial score (nSPS) is 14.9. The van der Waals surface area contributed by atoms with Gasteiger partial charge in [0.25, 0.3) is 5.91 Å². The summed E-state index contributed by atoms with van der Waals surface area (Å²) in [7, 11) is -3.98. The zero-order valence-corrected chi connectivity index (χ0v) is 20.0. The van der Waals surface area contributed by atoms with Gasteiger partial charge < -0.3 is 4.74 Å². The first-order valence-electron chi connectivity index (χ1n) is 10.7. The molecule has 0 spiro atoms. The first-order chi connectivity index (χ1) is 16.4. The quantitative estimate of drug-likeness (QED) is 0.386. The highest BCUT2D eigenvalue weighted by Gasteiger charge is 2.36. The van der Waals surface area contributed by atoms with Gasteiger partial charge in [0.15, 0.2) is 0 Å². The average molecular weight is 491 g/mol. The van der Waals surface area contributed by atoms with E-state index in [0.717, 1.165) is 36.7 Å². The molecule has 1 aliphatic rings. The zero-order valence-electron chi connectivity index (χ0n) is 18.4. The van der Waals surface area contributed by atoms with E-state index >= 15 is 0 Å². The van der Waals surface area contributed by atoms with Crippen LogP contribution in [0.4, 0.5) is 5.69 Å². The van der Waals surface area contributed by atoms with Crippen molar-refractivity contribution in [2.24, 2.45) is 0 Å². The van der Waals surface area contributed by atoms with E-state index in [1.807, 2.05) is 77.7 Å². The summed E-state index contributed by atoms with van der Waals surface area (Å²) in [6.45, 7) is -0.0147. The van der Waals surface area contributed by atoms with Crippen molar-refractivity contribution >= 4 is 44.3 Å². The third-order valence-electron chi connectivity index (χ3n) is 5.65. The van der Waals surface area contributed by atoms with Crippen LogP contribution < -0.4 is 13.8 Å². The van der Waals surface area contributed by atoms with E-state index in [1.165, 1.54) is 0 Å². The summed E-state index contributed by atoms with van der Waals surface area (Å²) in [5.74, 6) is -0.176. The van der Waals surface area contributed by atoms with E-state index in [2.05, 4.69) is 12.1 Å². The van der Waals surface area contributed by atoms with Crippen LogP contribution >= 0.6 is 11.8 Å². The molecule has 0 radical (unpaired) electrons. The molecule has 1 aliphatic heterocycles. The van der Waals surface area contributed by atoms with Crippen molar-refractivity contribution in [2.45, 2.75) is 11.5 Å². The standard InChI is InChI=1S/C26H22N2O4S2/c1-33-23-9-5-8-19(13-23)20-10-11-21-15-25(32-17-18-6-3-2-4-7-18)24(14-22(21)12-20)28-16-26(29)27-34(28,30)31/h2-15H,16-17H2,1H3,(H,27,29). The highest BCUT2D eigenvalue weighted by molar-refractivity contribution is 7.98. The van der Waals surface area contributed by atoms with Crippen molar-refractivity contribution in [3.05, 3.63) is 90.5 Å². The number of nitrogens with zero attached hydrogens (tertiary/aromatic N) is 1. The third kappa shape index (κ3) is 4.47. The molecule has 0 atom stereocenters. The smallest absolute Gasteiger partial charge is 0.326 e. The van der Waals surface area contributed by atoms with E-state index in [-0.39, 0.29) is 13.2 Å². The van der Waals surface area contributed by atoms with Crippen molar-refractivity contribution in [3.8, 4) is 16.9 Å². The maximum Gasteiger partial charge on any atom is 0.326 e. The summed E-state index contributed by atoms with van der Waals surface area (Å²) in [6, 6.07) is 27.5. The number of rotatable bonds is 6. The molecule has 34 heavy (non-hydrogen) atoms. The maximum absolute atomic E-state index is 12.6. The van der Waals surface area contributed by atoms with Gasteiger partial charge in [-0.1, -0.05) is 54.6 Å². The minimum absolute atomic E-state index is 0.272. The molecule has 1 heterocycles. The van der Waals surface area contributed by atoms with Gasteiger partial charge >= 0.3 is 10.2 Å². The van der Waals surface area contributed by atoms with Gasteiger partial charge in [-0.25, -0.2) is 9.03 Å². The zero-order chi connectivity index (χ0) is 23.7. The van der Waals surface area contributed by atoms with Crippen LogP contribution in [0.2, 0.25) is 0 Å². The number of hydrogen-bond donors (Lipinski definition) is 1. The number of anilines is 1. The van der Waals surface area contributed by atoms with Gasteiger partial charge in [-0.2, -0.15) is 8.42 Å². The Morgan fingerprint density at radius 3 is 2.44 bits per heavy atom. The Kier molecular flexibility index (Phi) is 5.93. The van der Waals surface area contributed by atoms with Crippen LogP contribution in [0.3, 0.4) is 0 Å². The van der Waals surface area contributed by atoms with Crippen LogP contribution in [-0.2, 0) is 21.6 Å². The summed E-state index contributed by atoms with van der Waals surface area (Å²) in [6.07, 6.45) is 2.04. The molecular formula is C26H22N2O4S2. The Morgan fingerprint density at radius 1 is 0.912 bits per heavy atom. The molecule has 0 unspecified atom stereocenters. The second-order valence-electron chi connectivity index (χ2n) is 7.93. The molecule has 4 aromatic rings. The van der Waals surface area contributed by atoms with Crippen LogP contribution in [0.25, 0.3) is 21.9 Å². The van der Waals surface area contributed by atoms with Crippen LogP contribution in [0, 0.1) is 0 Å². The minimum Gasteiger partial charge on any atom is -0.487 e. The van der Waals surface area contributed by atoms with Crippen LogP contribution in [-0.4, -0.2) is 27.1 Å². The van der Waals surface area contributed by atoms with Gasteiger partial charge in [0.2, 0.25) is 0 Å². The molecule has 5 rings (SSSR count). The van der Waals surface area contributed by atoms with E-state index in [4.69, 9.17) is 4.74 Å². The number of hydrogen-bond acceptors (Lipinski definition) is 5. The fraction of sp³-hybridized carbons (Fsp3) is 0.115. The number of amides is 1. The monoisotopic (exact) mass is 490 g/mol. The number of thioether (sulfide) groups is 1. The second-order valence-corrected chi connectivity index (χ2v) is 10.4. The molecule has 172 valence electrons. The van der Waals surface area contributed by atoms with Crippen LogP contribution in [0.5, 0.6) is 5.75 Å². The molecule has 6 nitrogen and oxygen atoms in total.